The average Bonchev–Trinajstić information content (AvgIpc) is 3.31. The maximum atomic E-state index is 11.6. The molecule has 2 amide bonds. The lowest BCUT2D eigenvalue weighted by atomic mass is 10.0. The SMILES string of the molecule is CC(=O)Nc1ccc(OCCOCCOCCOCCNc2ccc(-c3ccc4c(c3)CC(=O)N4)c(C)n2)cc1. The maximum Gasteiger partial charge on any atom is 0.228 e. The third-order valence-corrected chi connectivity index (χ3v) is 6.09. The minimum atomic E-state index is -0.107. The van der Waals surface area contributed by atoms with Crippen molar-refractivity contribution >= 4 is 29.0 Å². The van der Waals surface area contributed by atoms with E-state index in [2.05, 4.69) is 27.0 Å². The summed E-state index contributed by atoms with van der Waals surface area (Å²) in [7, 11) is 0. The minimum absolute atomic E-state index is 0.0343. The number of pyridine rings is 1. The van der Waals surface area contributed by atoms with Gasteiger partial charge >= 0.3 is 0 Å². The Morgan fingerprint density at radius 2 is 1.60 bits per heavy atom. The Morgan fingerprint density at radius 1 is 0.900 bits per heavy atom. The van der Waals surface area contributed by atoms with Gasteiger partial charge in [-0.15, -0.1) is 0 Å². The van der Waals surface area contributed by atoms with Crippen molar-refractivity contribution in [1.29, 1.82) is 0 Å². The highest BCUT2D eigenvalue weighted by Crippen LogP contribution is 2.30. The number of amides is 2. The molecule has 1 aliphatic heterocycles. The van der Waals surface area contributed by atoms with E-state index in [1.54, 1.807) is 24.3 Å². The van der Waals surface area contributed by atoms with Gasteiger partial charge in [-0.1, -0.05) is 6.07 Å². The fourth-order valence-electron chi connectivity index (χ4n) is 4.21. The molecule has 0 saturated heterocycles. The molecule has 1 aliphatic rings. The van der Waals surface area contributed by atoms with Crippen LogP contribution in [0.5, 0.6) is 5.75 Å². The van der Waals surface area contributed by atoms with E-state index in [4.69, 9.17) is 18.9 Å². The first kappa shape index (κ1) is 29.0. The summed E-state index contributed by atoms with van der Waals surface area (Å²) < 4.78 is 22.3. The largest absolute Gasteiger partial charge is 0.491 e. The van der Waals surface area contributed by atoms with E-state index in [0.717, 1.165) is 45.3 Å². The zero-order chi connectivity index (χ0) is 28.2. The van der Waals surface area contributed by atoms with E-state index >= 15 is 0 Å². The second-order valence-corrected chi connectivity index (χ2v) is 9.24. The summed E-state index contributed by atoms with van der Waals surface area (Å²) in [6, 6.07) is 17.2. The smallest absolute Gasteiger partial charge is 0.228 e. The van der Waals surface area contributed by atoms with Gasteiger partial charge in [-0.3, -0.25) is 9.59 Å². The van der Waals surface area contributed by atoms with Crippen molar-refractivity contribution < 1.29 is 28.5 Å². The van der Waals surface area contributed by atoms with Crippen LogP contribution in [0.1, 0.15) is 18.2 Å². The van der Waals surface area contributed by atoms with Crippen LogP contribution in [0.25, 0.3) is 11.1 Å². The maximum absolute atomic E-state index is 11.6. The van der Waals surface area contributed by atoms with Gasteiger partial charge in [0.15, 0.2) is 0 Å². The number of aryl methyl sites for hydroxylation is 1. The second-order valence-electron chi connectivity index (χ2n) is 9.24. The van der Waals surface area contributed by atoms with Crippen molar-refractivity contribution in [3.8, 4) is 16.9 Å². The van der Waals surface area contributed by atoms with Gasteiger partial charge in [0.2, 0.25) is 11.8 Å². The van der Waals surface area contributed by atoms with E-state index < -0.39 is 0 Å². The number of ether oxygens (including phenoxy) is 4. The number of hydrogen-bond acceptors (Lipinski definition) is 8. The Morgan fingerprint density at radius 3 is 2.30 bits per heavy atom. The fourth-order valence-corrected chi connectivity index (χ4v) is 4.21. The Labute approximate surface area is 234 Å². The Balaban J connectivity index is 1.00. The van der Waals surface area contributed by atoms with Crippen LogP contribution in [0.15, 0.2) is 54.6 Å². The van der Waals surface area contributed by atoms with Gasteiger partial charge in [-0.2, -0.15) is 0 Å². The number of fused-ring (bicyclic) bond motifs is 1. The number of rotatable bonds is 16. The predicted octanol–water partition coefficient (Wildman–Crippen LogP) is 4.05. The quantitative estimate of drug-likeness (QED) is 0.229. The van der Waals surface area contributed by atoms with Crippen LogP contribution in [0, 0.1) is 6.92 Å². The lowest BCUT2D eigenvalue weighted by molar-refractivity contribution is -0.115. The van der Waals surface area contributed by atoms with Crippen molar-refractivity contribution in [2.24, 2.45) is 0 Å². The molecule has 0 atom stereocenters. The highest BCUT2D eigenvalue weighted by atomic mass is 16.6. The molecule has 2 aromatic carbocycles. The van der Waals surface area contributed by atoms with Gasteiger partial charge < -0.3 is 34.9 Å². The molecule has 3 N–H and O–H groups in total. The highest BCUT2D eigenvalue weighted by Gasteiger charge is 2.18. The molecule has 10 nitrogen and oxygen atoms in total. The topological polar surface area (TPSA) is 120 Å². The van der Waals surface area contributed by atoms with Crippen molar-refractivity contribution in [2.75, 3.05) is 68.7 Å². The predicted molar refractivity (Wildman–Crippen MR) is 154 cm³/mol. The van der Waals surface area contributed by atoms with Crippen molar-refractivity contribution in [3.63, 3.8) is 0 Å². The van der Waals surface area contributed by atoms with E-state index in [1.165, 1.54) is 6.92 Å². The van der Waals surface area contributed by atoms with Crippen LogP contribution in [0.2, 0.25) is 0 Å². The van der Waals surface area contributed by atoms with Crippen LogP contribution >= 0.6 is 0 Å². The van der Waals surface area contributed by atoms with Crippen molar-refractivity contribution in [2.45, 2.75) is 20.3 Å². The van der Waals surface area contributed by atoms with E-state index in [1.807, 2.05) is 31.2 Å². The number of carbonyl (C=O) groups is 2. The molecule has 4 rings (SSSR count). The number of benzene rings is 2. The van der Waals surface area contributed by atoms with E-state index in [-0.39, 0.29) is 11.8 Å². The zero-order valence-electron chi connectivity index (χ0n) is 23.0. The number of anilines is 3. The third-order valence-electron chi connectivity index (χ3n) is 6.09. The van der Waals surface area contributed by atoms with Crippen LogP contribution in [0.4, 0.5) is 17.2 Å². The van der Waals surface area contributed by atoms with Gasteiger partial charge in [-0.05, 0) is 66.6 Å². The Bertz CT molecular complexity index is 1280. The summed E-state index contributed by atoms with van der Waals surface area (Å²) in [5, 5.41) is 8.86. The lowest BCUT2D eigenvalue weighted by Gasteiger charge is -2.11. The molecular formula is C30H36N4O6. The Kier molecular flexibility index (Phi) is 10.9. The van der Waals surface area contributed by atoms with Gasteiger partial charge in [-0.25, -0.2) is 4.98 Å². The lowest BCUT2D eigenvalue weighted by Crippen LogP contribution is -2.15. The molecule has 40 heavy (non-hydrogen) atoms. The van der Waals surface area contributed by atoms with Crippen LogP contribution in [-0.4, -0.2) is 69.6 Å². The highest BCUT2D eigenvalue weighted by molar-refractivity contribution is 5.99. The van der Waals surface area contributed by atoms with Crippen LogP contribution < -0.4 is 20.7 Å². The fraction of sp³-hybridized carbons (Fsp3) is 0.367. The minimum Gasteiger partial charge on any atom is -0.491 e. The molecule has 0 saturated carbocycles. The molecule has 10 heteroatoms. The van der Waals surface area contributed by atoms with Gasteiger partial charge in [0, 0.05) is 36.1 Å². The summed E-state index contributed by atoms with van der Waals surface area (Å²) in [4.78, 5) is 27.3. The summed E-state index contributed by atoms with van der Waals surface area (Å²) in [6.45, 7) is 7.48. The summed E-state index contributed by atoms with van der Waals surface area (Å²) >= 11 is 0. The number of nitrogens with zero attached hydrogens (tertiary/aromatic N) is 1. The molecule has 0 spiro atoms. The van der Waals surface area contributed by atoms with Gasteiger partial charge in [0.1, 0.15) is 18.2 Å². The zero-order valence-corrected chi connectivity index (χ0v) is 23.0. The molecule has 0 aliphatic carbocycles. The summed E-state index contributed by atoms with van der Waals surface area (Å²) in [5.41, 5.74) is 5.67. The van der Waals surface area contributed by atoms with Crippen molar-refractivity contribution in [1.82, 2.24) is 4.98 Å². The summed E-state index contributed by atoms with van der Waals surface area (Å²) in [6.07, 6.45) is 0.420. The average molecular weight is 549 g/mol. The number of nitrogens with one attached hydrogen (secondary N) is 3. The second kappa shape index (κ2) is 15.0. The van der Waals surface area contributed by atoms with E-state index in [0.29, 0.717) is 59.2 Å². The normalized spacial score (nSPS) is 12.1. The molecule has 212 valence electrons. The molecular weight excluding hydrogens is 512 g/mol. The molecule has 0 unspecified atom stereocenters. The molecule has 1 aromatic heterocycles. The molecule has 2 heterocycles. The standard InChI is InChI=1S/C30H36N4O6/c1-21-27(23-3-9-28-24(19-23)20-30(36)34-28)8-10-29(32-21)31-11-12-37-13-14-38-15-16-39-17-18-40-26-6-4-25(5-7-26)33-22(2)35/h3-10,19H,11-18,20H2,1-2H3,(H,31,32)(H,33,35)(H,34,36). The molecule has 0 fully saturated rings. The van der Waals surface area contributed by atoms with Gasteiger partial charge in [0.25, 0.3) is 0 Å². The molecule has 0 bridgehead atoms. The monoisotopic (exact) mass is 548 g/mol. The molecule has 3 aromatic rings. The molecule has 0 radical (unpaired) electrons. The number of aromatic nitrogens is 1. The van der Waals surface area contributed by atoms with Crippen LogP contribution in [0.3, 0.4) is 0 Å². The van der Waals surface area contributed by atoms with E-state index in [9.17, 15) is 9.59 Å². The first-order valence-corrected chi connectivity index (χ1v) is 13.4. The Hall–Kier alpha value is -3.99. The van der Waals surface area contributed by atoms with Crippen molar-refractivity contribution in [3.05, 3.63) is 65.9 Å². The van der Waals surface area contributed by atoms with Crippen LogP contribution in [-0.2, 0) is 30.2 Å². The summed E-state index contributed by atoms with van der Waals surface area (Å²) in [5.74, 6) is 1.44. The number of carbonyl (C=O) groups excluding carboxylic acids is 2. The number of hydrogen-bond donors (Lipinski definition) is 3. The first-order chi connectivity index (χ1) is 19.5. The van der Waals surface area contributed by atoms with Gasteiger partial charge in [0.05, 0.1) is 46.1 Å². The first-order valence-electron chi connectivity index (χ1n) is 13.4. The third kappa shape index (κ3) is 9.04.